The molecule has 26 heavy (non-hydrogen) atoms. The second-order valence-corrected chi connectivity index (χ2v) is 6.81. The summed E-state index contributed by atoms with van der Waals surface area (Å²) >= 11 is 6.18. The molecule has 0 aliphatic heterocycles. The van der Waals surface area contributed by atoms with Gasteiger partial charge in [-0.05, 0) is 53.7 Å². The van der Waals surface area contributed by atoms with Gasteiger partial charge in [-0.2, -0.15) is 0 Å². The van der Waals surface area contributed by atoms with E-state index in [0.717, 1.165) is 0 Å². The van der Waals surface area contributed by atoms with Crippen LogP contribution in [-0.2, 0) is 9.53 Å². The molecule has 0 radical (unpaired) electrons. The Kier molecular flexibility index (Phi) is 8.21. The Bertz CT molecular complexity index is 637. The number of nitrogens with zero attached hydrogens (tertiary/aromatic N) is 1. The maximum absolute atomic E-state index is 12.6. The number of methoxy groups -OCH3 is 1. The Labute approximate surface area is 160 Å². The Morgan fingerprint density at radius 3 is 2.15 bits per heavy atom. The zero-order chi connectivity index (χ0) is 20.0. The number of hydrogen-bond donors (Lipinski definition) is 0. The Balaban J connectivity index is 3.00. The third kappa shape index (κ3) is 5.27. The number of ether oxygens (including phenoxy) is 3. The molecule has 1 aromatic rings. The highest BCUT2D eigenvalue weighted by Gasteiger charge is 2.28. The molecule has 0 spiro atoms. The van der Waals surface area contributed by atoms with Crippen LogP contribution in [0.5, 0.6) is 11.5 Å². The summed E-state index contributed by atoms with van der Waals surface area (Å²) in [6, 6.07) is 2.93. The van der Waals surface area contributed by atoms with E-state index < -0.39 is 12.1 Å². The van der Waals surface area contributed by atoms with Gasteiger partial charge in [0.15, 0.2) is 17.6 Å². The minimum absolute atomic E-state index is 0.00340. The fourth-order valence-corrected chi connectivity index (χ4v) is 2.98. The Morgan fingerprint density at radius 2 is 1.69 bits per heavy atom. The topological polar surface area (TPSA) is 65.1 Å². The van der Waals surface area contributed by atoms with Crippen molar-refractivity contribution in [1.29, 1.82) is 0 Å². The quantitative estimate of drug-likeness (QED) is 0.634. The van der Waals surface area contributed by atoms with Crippen molar-refractivity contribution < 1.29 is 23.8 Å². The van der Waals surface area contributed by atoms with E-state index in [1.807, 2.05) is 34.6 Å². The summed E-state index contributed by atoms with van der Waals surface area (Å²) in [6.07, 6.45) is -0.913. The lowest BCUT2D eigenvalue weighted by Gasteiger charge is -2.32. The van der Waals surface area contributed by atoms with Crippen molar-refractivity contribution in [2.45, 2.75) is 59.7 Å². The molecule has 0 bridgehead atoms. The monoisotopic (exact) mass is 385 g/mol. The van der Waals surface area contributed by atoms with Gasteiger partial charge in [0.2, 0.25) is 0 Å². The van der Waals surface area contributed by atoms with E-state index in [2.05, 4.69) is 0 Å². The number of carbonyl (C=O) groups excluding carboxylic acids is 2. The van der Waals surface area contributed by atoms with E-state index in [1.54, 1.807) is 11.8 Å². The van der Waals surface area contributed by atoms with Crippen LogP contribution in [-0.4, -0.2) is 48.7 Å². The van der Waals surface area contributed by atoms with Gasteiger partial charge < -0.3 is 19.1 Å². The van der Waals surface area contributed by atoms with E-state index in [0.29, 0.717) is 18.1 Å². The predicted molar refractivity (Wildman–Crippen MR) is 101 cm³/mol. The fourth-order valence-electron chi connectivity index (χ4n) is 2.72. The minimum atomic E-state index is -0.913. The van der Waals surface area contributed by atoms with Crippen molar-refractivity contribution in [3.63, 3.8) is 0 Å². The van der Waals surface area contributed by atoms with Crippen molar-refractivity contribution in [1.82, 2.24) is 4.90 Å². The van der Waals surface area contributed by atoms with E-state index in [1.165, 1.54) is 19.2 Å². The minimum Gasteiger partial charge on any atom is -0.493 e. The fraction of sp³-hybridized carbons (Fsp3) is 0.579. The van der Waals surface area contributed by atoms with E-state index in [4.69, 9.17) is 25.8 Å². The Morgan fingerprint density at radius 1 is 1.12 bits per heavy atom. The maximum atomic E-state index is 12.6. The molecule has 0 heterocycles. The lowest BCUT2D eigenvalue weighted by Crippen LogP contribution is -2.47. The number of hydrogen-bond acceptors (Lipinski definition) is 5. The van der Waals surface area contributed by atoms with Gasteiger partial charge in [0, 0.05) is 12.1 Å². The number of rotatable bonds is 8. The van der Waals surface area contributed by atoms with Crippen LogP contribution in [0.1, 0.15) is 51.9 Å². The highest BCUT2D eigenvalue weighted by atomic mass is 35.5. The molecule has 1 amide bonds. The molecule has 1 aromatic carbocycles. The van der Waals surface area contributed by atoms with Gasteiger partial charge in [-0.1, -0.05) is 11.6 Å². The van der Waals surface area contributed by atoms with Crippen molar-refractivity contribution in [3.8, 4) is 11.5 Å². The standard InChI is InChI=1S/C19H28ClNO5/c1-8-25-17-15(20)9-14(10-16(17)24-7)19(23)26-13(6)18(22)21(11(2)3)12(4)5/h9-13H,8H2,1-7H3. The largest absolute Gasteiger partial charge is 0.493 e. The number of esters is 1. The molecule has 0 fully saturated rings. The summed E-state index contributed by atoms with van der Waals surface area (Å²) in [5, 5.41) is 0.239. The van der Waals surface area contributed by atoms with Gasteiger partial charge in [0.25, 0.3) is 5.91 Å². The number of benzene rings is 1. The van der Waals surface area contributed by atoms with Crippen LogP contribution in [0.15, 0.2) is 12.1 Å². The van der Waals surface area contributed by atoms with Crippen LogP contribution in [0.25, 0.3) is 0 Å². The molecule has 6 nitrogen and oxygen atoms in total. The predicted octanol–water partition coefficient (Wildman–Crippen LogP) is 3.94. The molecular weight excluding hydrogens is 358 g/mol. The zero-order valence-electron chi connectivity index (χ0n) is 16.5. The number of carbonyl (C=O) groups is 2. The molecule has 1 rings (SSSR count). The highest BCUT2D eigenvalue weighted by molar-refractivity contribution is 6.32. The van der Waals surface area contributed by atoms with Gasteiger partial charge in [-0.25, -0.2) is 4.79 Å². The molecule has 0 aliphatic carbocycles. The average Bonchev–Trinajstić information content (AvgIpc) is 2.55. The van der Waals surface area contributed by atoms with Crippen LogP contribution in [0.3, 0.4) is 0 Å². The second-order valence-electron chi connectivity index (χ2n) is 6.40. The summed E-state index contributed by atoms with van der Waals surface area (Å²) in [4.78, 5) is 26.7. The second kappa shape index (κ2) is 9.67. The summed E-state index contributed by atoms with van der Waals surface area (Å²) in [5.74, 6) is -0.201. The molecule has 0 aromatic heterocycles. The third-order valence-corrected chi connectivity index (χ3v) is 4.03. The average molecular weight is 386 g/mol. The van der Waals surface area contributed by atoms with Gasteiger partial charge in [0.1, 0.15) is 0 Å². The molecule has 7 heteroatoms. The molecule has 0 saturated heterocycles. The van der Waals surface area contributed by atoms with Crippen LogP contribution in [0.4, 0.5) is 0 Å². The normalized spacial score (nSPS) is 12.1. The van der Waals surface area contributed by atoms with Crippen molar-refractivity contribution in [2.75, 3.05) is 13.7 Å². The smallest absolute Gasteiger partial charge is 0.339 e. The van der Waals surface area contributed by atoms with E-state index in [9.17, 15) is 9.59 Å². The molecule has 1 atom stereocenters. The summed E-state index contributed by atoms with van der Waals surface area (Å²) in [7, 11) is 1.46. The van der Waals surface area contributed by atoms with Gasteiger partial charge in [0.05, 0.1) is 24.3 Å². The van der Waals surface area contributed by atoms with Crippen molar-refractivity contribution in [3.05, 3.63) is 22.7 Å². The molecule has 0 N–H and O–H groups in total. The molecule has 0 aliphatic rings. The summed E-state index contributed by atoms with van der Waals surface area (Å²) in [5.41, 5.74) is 0.190. The van der Waals surface area contributed by atoms with Crippen LogP contribution >= 0.6 is 11.6 Å². The molecular formula is C19H28ClNO5. The lowest BCUT2D eigenvalue weighted by atomic mass is 10.2. The molecule has 0 saturated carbocycles. The van der Waals surface area contributed by atoms with Crippen LogP contribution in [0, 0.1) is 0 Å². The van der Waals surface area contributed by atoms with Crippen LogP contribution in [0.2, 0.25) is 5.02 Å². The lowest BCUT2D eigenvalue weighted by molar-refractivity contribution is -0.143. The first-order chi connectivity index (χ1) is 12.1. The first-order valence-corrected chi connectivity index (χ1v) is 9.05. The van der Waals surface area contributed by atoms with Crippen molar-refractivity contribution >= 4 is 23.5 Å². The first kappa shape index (κ1) is 22.1. The third-order valence-electron chi connectivity index (χ3n) is 3.75. The maximum Gasteiger partial charge on any atom is 0.339 e. The highest BCUT2D eigenvalue weighted by Crippen LogP contribution is 2.36. The zero-order valence-corrected chi connectivity index (χ0v) is 17.2. The SMILES string of the molecule is CCOc1c(Cl)cc(C(=O)OC(C)C(=O)N(C(C)C)C(C)C)cc1OC. The Hall–Kier alpha value is -1.95. The van der Waals surface area contributed by atoms with Gasteiger partial charge in [-0.15, -0.1) is 0 Å². The van der Waals surface area contributed by atoms with Crippen molar-refractivity contribution in [2.24, 2.45) is 0 Å². The van der Waals surface area contributed by atoms with E-state index in [-0.39, 0.29) is 28.6 Å². The number of halogens is 1. The summed E-state index contributed by atoms with van der Waals surface area (Å²) < 4.78 is 16.0. The molecule has 146 valence electrons. The number of amides is 1. The van der Waals surface area contributed by atoms with E-state index >= 15 is 0 Å². The summed E-state index contributed by atoms with van der Waals surface area (Å²) in [6.45, 7) is 11.5. The van der Waals surface area contributed by atoms with Gasteiger partial charge >= 0.3 is 5.97 Å². The van der Waals surface area contributed by atoms with Gasteiger partial charge in [-0.3, -0.25) is 4.79 Å². The van der Waals surface area contributed by atoms with Crippen LogP contribution < -0.4 is 9.47 Å². The first-order valence-electron chi connectivity index (χ1n) is 8.67. The molecule has 1 unspecified atom stereocenters.